The summed E-state index contributed by atoms with van der Waals surface area (Å²) in [7, 11) is 1.51. The lowest BCUT2D eigenvalue weighted by molar-refractivity contribution is 0.167. The Labute approximate surface area is 121 Å². The van der Waals surface area contributed by atoms with Crippen LogP contribution in [0.25, 0.3) is 0 Å². The third kappa shape index (κ3) is 4.24. The number of oxime groups is 1. The molecule has 1 amide bonds. The molecule has 108 valence electrons. The van der Waals surface area contributed by atoms with E-state index in [1.54, 1.807) is 36.4 Å². The number of methoxy groups -OCH3 is 1. The van der Waals surface area contributed by atoms with Crippen molar-refractivity contribution in [1.82, 2.24) is 0 Å². The number of anilines is 1. The number of rotatable bonds is 4. The Balaban J connectivity index is 1.94. The fourth-order valence-electron chi connectivity index (χ4n) is 1.56. The number of ether oxygens (including phenoxy) is 1. The first-order valence-corrected chi connectivity index (χ1v) is 6.12. The summed E-state index contributed by atoms with van der Waals surface area (Å²) in [6.07, 6.45) is 0.502. The molecular formula is C15H14N2O4. The van der Waals surface area contributed by atoms with Gasteiger partial charge in [-0.3, -0.25) is 10.2 Å². The number of amides is 1. The first-order valence-electron chi connectivity index (χ1n) is 6.12. The molecule has 0 aliphatic heterocycles. The molecule has 21 heavy (non-hydrogen) atoms. The molecule has 0 fully saturated rings. The summed E-state index contributed by atoms with van der Waals surface area (Å²) in [6, 6.07) is 13.5. The van der Waals surface area contributed by atoms with E-state index in [0.717, 1.165) is 0 Å². The van der Waals surface area contributed by atoms with Crippen LogP contribution in [-0.2, 0) is 4.84 Å². The van der Waals surface area contributed by atoms with Gasteiger partial charge in [0.1, 0.15) is 11.5 Å². The Morgan fingerprint density at radius 1 is 1.24 bits per heavy atom. The topological polar surface area (TPSA) is 80.2 Å². The molecule has 0 spiro atoms. The molecule has 0 bridgehead atoms. The molecule has 0 atom stereocenters. The second-order valence-electron chi connectivity index (χ2n) is 4.03. The van der Waals surface area contributed by atoms with Crippen LogP contribution >= 0.6 is 0 Å². The molecular weight excluding hydrogens is 272 g/mol. The number of aromatic hydroxyl groups is 1. The molecule has 0 radical (unpaired) electrons. The molecule has 0 aliphatic carbocycles. The van der Waals surface area contributed by atoms with Gasteiger partial charge >= 0.3 is 6.09 Å². The van der Waals surface area contributed by atoms with Crippen LogP contribution in [0.1, 0.15) is 5.56 Å². The molecule has 0 heterocycles. The molecule has 6 heteroatoms. The van der Waals surface area contributed by atoms with Crippen molar-refractivity contribution in [1.29, 1.82) is 0 Å². The van der Waals surface area contributed by atoms with E-state index in [4.69, 9.17) is 4.74 Å². The Hall–Kier alpha value is -3.02. The quantitative estimate of drug-likeness (QED) is 0.514. The van der Waals surface area contributed by atoms with Gasteiger partial charge in [-0.25, -0.2) is 4.79 Å². The number of nitrogens with zero attached hydrogens (tertiary/aromatic N) is 1. The van der Waals surface area contributed by atoms with Crippen LogP contribution < -0.4 is 10.1 Å². The zero-order valence-electron chi connectivity index (χ0n) is 11.3. The summed E-state index contributed by atoms with van der Waals surface area (Å²) in [4.78, 5) is 16.1. The Morgan fingerprint density at radius 2 is 2.00 bits per heavy atom. The Morgan fingerprint density at radius 3 is 2.71 bits per heavy atom. The van der Waals surface area contributed by atoms with Gasteiger partial charge in [0.25, 0.3) is 0 Å². The number of carbonyl (C=O) groups excluding carboxylic acids is 1. The Kier molecular flexibility index (Phi) is 4.76. The van der Waals surface area contributed by atoms with E-state index in [1.165, 1.54) is 19.4 Å². The predicted octanol–water partition coefficient (Wildman–Crippen LogP) is 2.98. The van der Waals surface area contributed by atoms with Gasteiger partial charge < -0.3 is 9.84 Å². The zero-order chi connectivity index (χ0) is 15.1. The van der Waals surface area contributed by atoms with Crippen molar-refractivity contribution in [3.63, 3.8) is 0 Å². The molecule has 2 N–H and O–H groups in total. The van der Waals surface area contributed by atoms with Crippen LogP contribution in [0.15, 0.2) is 53.7 Å². The van der Waals surface area contributed by atoms with E-state index in [2.05, 4.69) is 15.3 Å². The molecule has 2 aromatic carbocycles. The third-order valence-electron chi connectivity index (χ3n) is 2.58. The first kappa shape index (κ1) is 14.4. The molecule has 0 unspecified atom stereocenters. The monoisotopic (exact) mass is 286 g/mol. The highest BCUT2D eigenvalue weighted by Crippen LogP contribution is 2.21. The maximum Gasteiger partial charge on any atom is 0.437 e. The maximum atomic E-state index is 11.5. The van der Waals surface area contributed by atoms with Crippen molar-refractivity contribution in [3.05, 3.63) is 54.1 Å². The summed E-state index contributed by atoms with van der Waals surface area (Å²) in [6.45, 7) is 0. The SMILES string of the molecule is COc1ccc(O)c(C=NOC(=O)Nc2ccccc2)c1. The summed E-state index contributed by atoms with van der Waals surface area (Å²) in [5.74, 6) is 0.564. The van der Waals surface area contributed by atoms with Gasteiger partial charge in [0.05, 0.1) is 13.3 Å². The molecule has 2 aromatic rings. The Bertz CT molecular complexity index is 641. The number of nitrogens with one attached hydrogen (secondary N) is 1. The van der Waals surface area contributed by atoms with Gasteiger partial charge in [-0.15, -0.1) is 0 Å². The van der Waals surface area contributed by atoms with Crippen molar-refractivity contribution in [3.8, 4) is 11.5 Å². The normalized spacial score (nSPS) is 10.3. The minimum atomic E-state index is -0.722. The number of para-hydroxylation sites is 1. The lowest BCUT2D eigenvalue weighted by Gasteiger charge is -2.03. The van der Waals surface area contributed by atoms with Crippen LogP contribution in [0.3, 0.4) is 0 Å². The van der Waals surface area contributed by atoms with E-state index < -0.39 is 6.09 Å². The molecule has 6 nitrogen and oxygen atoms in total. The lowest BCUT2D eigenvalue weighted by atomic mass is 10.2. The number of carbonyl (C=O) groups is 1. The van der Waals surface area contributed by atoms with E-state index in [0.29, 0.717) is 17.0 Å². The van der Waals surface area contributed by atoms with E-state index in [9.17, 15) is 9.90 Å². The number of hydrogen-bond acceptors (Lipinski definition) is 5. The average Bonchev–Trinajstić information content (AvgIpc) is 2.50. The molecule has 2 rings (SSSR count). The molecule has 0 saturated heterocycles. The highest BCUT2D eigenvalue weighted by atomic mass is 16.7. The summed E-state index contributed by atoms with van der Waals surface area (Å²) >= 11 is 0. The van der Waals surface area contributed by atoms with Gasteiger partial charge in [0, 0.05) is 11.3 Å². The van der Waals surface area contributed by atoms with Crippen LogP contribution in [0.5, 0.6) is 11.5 Å². The summed E-state index contributed by atoms with van der Waals surface area (Å²) in [5, 5.41) is 15.7. The number of phenolic OH excluding ortho intramolecular Hbond substituents is 1. The maximum absolute atomic E-state index is 11.5. The van der Waals surface area contributed by atoms with Crippen molar-refractivity contribution < 1.29 is 19.5 Å². The van der Waals surface area contributed by atoms with Crippen LogP contribution in [0.2, 0.25) is 0 Å². The second-order valence-corrected chi connectivity index (χ2v) is 4.03. The van der Waals surface area contributed by atoms with E-state index in [1.807, 2.05) is 6.07 Å². The van der Waals surface area contributed by atoms with Gasteiger partial charge in [-0.05, 0) is 30.3 Å². The van der Waals surface area contributed by atoms with Crippen LogP contribution in [0.4, 0.5) is 10.5 Å². The summed E-state index contributed by atoms with van der Waals surface area (Å²) in [5.41, 5.74) is 0.976. The van der Waals surface area contributed by atoms with Crippen molar-refractivity contribution in [2.45, 2.75) is 0 Å². The molecule has 0 saturated carbocycles. The standard InChI is InChI=1S/C15H14N2O4/c1-20-13-7-8-14(18)11(9-13)10-16-21-15(19)17-12-5-3-2-4-6-12/h2-10,18H,1H3,(H,17,19). The molecule has 0 aromatic heterocycles. The van der Waals surface area contributed by atoms with Crippen molar-refractivity contribution in [2.24, 2.45) is 5.16 Å². The van der Waals surface area contributed by atoms with Gasteiger partial charge in [0.15, 0.2) is 0 Å². The minimum absolute atomic E-state index is 0.00613. The second kappa shape index (κ2) is 6.95. The molecule has 0 aliphatic rings. The van der Waals surface area contributed by atoms with Gasteiger partial charge in [0.2, 0.25) is 0 Å². The van der Waals surface area contributed by atoms with Crippen molar-refractivity contribution in [2.75, 3.05) is 12.4 Å². The highest BCUT2D eigenvalue weighted by Gasteiger charge is 2.03. The lowest BCUT2D eigenvalue weighted by Crippen LogP contribution is -2.10. The largest absolute Gasteiger partial charge is 0.507 e. The fraction of sp³-hybridized carbons (Fsp3) is 0.0667. The van der Waals surface area contributed by atoms with Crippen LogP contribution in [0, 0.1) is 0 Å². The average molecular weight is 286 g/mol. The third-order valence-corrected chi connectivity index (χ3v) is 2.58. The number of benzene rings is 2. The predicted molar refractivity (Wildman–Crippen MR) is 78.8 cm³/mol. The van der Waals surface area contributed by atoms with Crippen molar-refractivity contribution >= 4 is 18.0 Å². The van der Waals surface area contributed by atoms with Gasteiger partial charge in [-0.2, -0.15) is 0 Å². The highest BCUT2D eigenvalue weighted by molar-refractivity contribution is 5.87. The zero-order valence-corrected chi connectivity index (χ0v) is 11.3. The van der Waals surface area contributed by atoms with Crippen LogP contribution in [-0.4, -0.2) is 24.5 Å². The summed E-state index contributed by atoms with van der Waals surface area (Å²) < 4.78 is 5.02. The van der Waals surface area contributed by atoms with E-state index >= 15 is 0 Å². The smallest absolute Gasteiger partial charge is 0.437 e. The number of phenols is 1. The van der Waals surface area contributed by atoms with E-state index in [-0.39, 0.29) is 5.75 Å². The first-order chi connectivity index (χ1) is 10.2. The number of hydrogen-bond donors (Lipinski definition) is 2. The minimum Gasteiger partial charge on any atom is -0.507 e. The fourth-order valence-corrected chi connectivity index (χ4v) is 1.56. The van der Waals surface area contributed by atoms with Gasteiger partial charge in [-0.1, -0.05) is 23.4 Å².